The Morgan fingerprint density at radius 2 is 2.17 bits per heavy atom. The molecule has 156 valence electrons. The van der Waals surface area contributed by atoms with Crippen LogP contribution in [0.1, 0.15) is 49.6 Å². The first-order valence-corrected chi connectivity index (χ1v) is 10.6. The zero-order valence-electron chi connectivity index (χ0n) is 17.6. The number of nitrogens with zero attached hydrogens (tertiary/aromatic N) is 3. The number of para-hydroxylation sites is 1. The van der Waals surface area contributed by atoms with Gasteiger partial charge in [0.1, 0.15) is 0 Å². The van der Waals surface area contributed by atoms with Crippen molar-refractivity contribution in [1.29, 1.82) is 0 Å². The Kier molecular flexibility index (Phi) is 5.92. The van der Waals surface area contributed by atoms with Crippen LogP contribution in [0, 0.1) is 0 Å². The lowest BCUT2D eigenvalue weighted by atomic mass is 9.94. The van der Waals surface area contributed by atoms with E-state index in [-0.39, 0.29) is 0 Å². The van der Waals surface area contributed by atoms with E-state index in [1.807, 2.05) is 19.2 Å². The Morgan fingerprint density at radius 1 is 1.31 bits per heavy atom. The predicted molar refractivity (Wildman–Crippen MR) is 114 cm³/mol. The summed E-state index contributed by atoms with van der Waals surface area (Å²) in [4.78, 5) is 4.41. The van der Waals surface area contributed by atoms with E-state index in [1.165, 1.54) is 11.3 Å². The van der Waals surface area contributed by atoms with Crippen LogP contribution < -0.4 is 20.1 Å². The number of fused-ring (bicyclic) bond motifs is 2. The summed E-state index contributed by atoms with van der Waals surface area (Å²) in [5.74, 6) is 2.47. The van der Waals surface area contributed by atoms with Gasteiger partial charge in [-0.1, -0.05) is 12.1 Å². The molecule has 0 fully saturated rings. The van der Waals surface area contributed by atoms with Crippen molar-refractivity contribution in [2.45, 2.75) is 58.2 Å². The first-order valence-electron chi connectivity index (χ1n) is 10.6. The normalized spacial score (nSPS) is 18.9. The molecule has 0 bridgehead atoms. The van der Waals surface area contributed by atoms with Gasteiger partial charge in [-0.3, -0.25) is 9.67 Å². The number of rotatable bonds is 4. The van der Waals surface area contributed by atoms with Crippen LogP contribution >= 0.6 is 0 Å². The fourth-order valence-electron chi connectivity index (χ4n) is 3.86. The molecule has 0 radical (unpaired) electrons. The van der Waals surface area contributed by atoms with Crippen LogP contribution in [0.15, 0.2) is 29.4 Å². The second-order valence-corrected chi connectivity index (χ2v) is 7.98. The number of hydrogen-bond donors (Lipinski definition) is 2. The zero-order chi connectivity index (χ0) is 20.2. The summed E-state index contributed by atoms with van der Waals surface area (Å²) >= 11 is 0. The van der Waals surface area contributed by atoms with Crippen LogP contribution in [0.3, 0.4) is 0 Å². The van der Waals surface area contributed by atoms with Gasteiger partial charge in [0.2, 0.25) is 0 Å². The van der Waals surface area contributed by atoms with Crippen molar-refractivity contribution in [2.75, 3.05) is 20.3 Å². The van der Waals surface area contributed by atoms with Crippen LogP contribution in [-0.2, 0) is 19.4 Å². The fraction of sp³-hybridized carbons (Fsp3) is 0.545. The predicted octanol–water partition coefficient (Wildman–Crippen LogP) is 2.85. The van der Waals surface area contributed by atoms with Gasteiger partial charge < -0.3 is 20.1 Å². The molecule has 1 unspecified atom stereocenters. The van der Waals surface area contributed by atoms with Gasteiger partial charge in [0.05, 0.1) is 18.9 Å². The molecule has 2 N–H and O–H groups in total. The van der Waals surface area contributed by atoms with Crippen LogP contribution in [0.4, 0.5) is 0 Å². The SMILES string of the molecule is CN=C(NCc1cccc2c1OCCCO2)NC1CCc2cn(C(C)C)nc2C1. The van der Waals surface area contributed by atoms with E-state index in [0.717, 1.165) is 48.7 Å². The van der Waals surface area contributed by atoms with Crippen molar-refractivity contribution >= 4 is 5.96 Å². The van der Waals surface area contributed by atoms with E-state index in [0.29, 0.717) is 31.8 Å². The third kappa shape index (κ3) is 4.49. The maximum absolute atomic E-state index is 5.92. The van der Waals surface area contributed by atoms with Crippen molar-refractivity contribution in [3.63, 3.8) is 0 Å². The number of aliphatic imine (C=N–C) groups is 1. The number of aryl methyl sites for hydroxylation is 1. The third-order valence-corrected chi connectivity index (χ3v) is 5.49. The minimum atomic E-state index is 0.330. The first-order chi connectivity index (χ1) is 14.1. The quantitative estimate of drug-likeness (QED) is 0.613. The average molecular weight is 398 g/mol. The summed E-state index contributed by atoms with van der Waals surface area (Å²) in [6.07, 6.45) is 6.16. The Labute approximate surface area is 172 Å². The molecule has 0 amide bonds. The van der Waals surface area contributed by atoms with E-state index in [9.17, 15) is 0 Å². The van der Waals surface area contributed by atoms with Crippen LogP contribution in [0.2, 0.25) is 0 Å². The van der Waals surface area contributed by atoms with Gasteiger partial charge in [-0.15, -0.1) is 0 Å². The molecule has 2 aliphatic rings. The minimum Gasteiger partial charge on any atom is -0.490 e. The van der Waals surface area contributed by atoms with Crippen LogP contribution in [-0.4, -0.2) is 42.0 Å². The molecule has 0 spiro atoms. The van der Waals surface area contributed by atoms with Crippen molar-refractivity contribution in [3.05, 3.63) is 41.2 Å². The molecule has 1 aromatic heterocycles. The number of ether oxygens (including phenoxy) is 2. The molecular weight excluding hydrogens is 366 g/mol. The van der Waals surface area contributed by atoms with Crippen molar-refractivity contribution in [2.24, 2.45) is 4.99 Å². The summed E-state index contributed by atoms with van der Waals surface area (Å²) in [6, 6.07) is 6.77. The van der Waals surface area contributed by atoms with E-state index >= 15 is 0 Å². The molecule has 2 aromatic rings. The highest BCUT2D eigenvalue weighted by Gasteiger charge is 2.23. The van der Waals surface area contributed by atoms with Gasteiger partial charge in [0.15, 0.2) is 17.5 Å². The minimum absolute atomic E-state index is 0.330. The molecule has 0 saturated heterocycles. The average Bonchev–Trinajstić information content (AvgIpc) is 3.00. The molecule has 1 aliphatic heterocycles. The van der Waals surface area contributed by atoms with E-state index in [2.05, 4.69) is 46.4 Å². The number of nitrogens with one attached hydrogen (secondary N) is 2. The summed E-state index contributed by atoms with van der Waals surface area (Å²) in [6.45, 7) is 6.35. The van der Waals surface area contributed by atoms with Gasteiger partial charge in [-0.25, -0.2) is 0 Å². The van der Waals surface area contributed by atoms with Crippen LogP contribution in [0.5, 0.6) is 11.5 Å². The highest BCUT2D eigenvalue weighted by molar-refractivity contribution is 5.80. The number of hydrogen-bond acceptors (Lipinski definition) is 4. The lowest BCUT2D eigenvalue weighted by Crippen LogP contribution is -2.45. The molecule has 1 atom stereocenters. The van der Waals surface area contributed by atoms with Crippen molar-refractivity contribution in [1.82, 2.24) is 20.4 Å². The molecular formula is C22H31N5O2. The highest BCUT2D eigenvalue weighted by Crippen LogP contribution is 2.33. The summed E-state index contributed by atoms with van der Waals surface area (Å²) in [5, 5.41) is 11.8. The van der Waals surface area contributed by atoms with Gasteiger partial charge in [0.25, 0.3) is 0 Å². The summed E-state index contributed by atoms with van der Waals surface area (Å²) in [5.41, 5.74) is 3.66. The lowest BCUT2D eigenvalue weighted by Gasteiger charge is -2.24. The first kappa shape index (κ1) is 19.6. The van der Waals surface area contributed by atoms with Crippen molar-refractivity contribution in [3.8, 4) is 11.5 Å². The number of aromatic nitrogens is 2. The van der Waals surface area contributed by atoms with E-state index in [1.54, 1.807) is 0 Å². The van der Waals surface area contributed by atoms with Crippen LogP contribution in [0.25, 0.3) is 0 Å². The molecule has 7 heteroatoms. The molecule has 29 heavy (non-hydrogen) atoms. The van der Waals surface area contributed by atoms with Gasteiger partial charge in [-0.2, -0.15) is 5.10 Å². The Hall–Kier alpha value is -2.70. The highest BCUT2D eigenvalue weighted by atomic mass is 16.5. The molecule has 1 aromatic carbocycles. The standard InChI is InChI=1S/C22H31N5O2/c1-15(2)27-14-17-8-9-18(12-19(17)26-27)25-22(23-3)24-13-16-6-4-7-20-21(16)29-11-5-10-28-20/h4,6-7,14-15,18H,5,8-13H2,1-3H3,(H2,23,24,25). The molecule has 0 saturated carbocycles. The third-order valence-electron chi connectivity index (χ3n) is 5.49. The maximum Gasteiger partial charge on any atom is 0.191 e. The monoisotopic (exact) mass is 397 g/mol. The van der Waals surface area contributed by atoms with Gasteiger partial charge >= 0.3 is 0 Å². The summed E-state index contributed by atoms with van der Waals surface area (Å²) < 4.78 is 13.8. The molecule has 7 nitrogen and oxygen atoms in total. The zero-order valence-corrected chi connectivity index (χ0v) is 17.6. The fourth-order valence-corrected chi connectivity index (χ4v) is 3.86. The van der Waals surface area contributed by atoms with Gasteiger partial charge in [0, 0.05) is 50.3 Å². The molecule has 4 rings (SSSR count). The number of guanidine groups is 1. The van der Waals surface area contributed by atoms with E-state index in [4.69, 9.17) is 14.6 Å². The number of benzene rings is 1. The summed E-state index contributed by atoms with van der Waals surface area (Å²) in [7, 11) is 1.81. The second-order valence-electron chi connectivity index (χ2n) is 7.98. The Morgan fingerprint density at radius 3 is 3.00 bits per heavy atom. The lowest BCUT2D eigenvalue weighted by molar-refractivity contribution is 0.296. The topological polar surface area (TPSA) is 72.7 Å². The molecule has 2 heterocycles. The largest absolute Gasteiger partial charge is 0.490 e. The molecule has 1 aliphatic carbocycles. The smallest absolute Gasteiger partial charge is 0.191 e. The Bertz CT molecular complexity index is 874. The van der Waals surface area contributed by atoms with Gasteiger partial charge in [-0.05, 0) is 38.3 Å². The van der Waals surface area contributed by atoms with E-state index < -0.39 is 0 Å². The van der Waals surface area contributed by atoms with Crippen molar-refractivity contribution < 1.29 is 9.47 Å². The Balaban J connectivity index is 1.37. The maximum atomic E-state index is 5.92. The second kappa shape index (κ2) is 8.76.